The quantitative estimate of drug-likeness (QED) is 0.0125. The van der Waals surface area contributed by atoms with Crippen molar-refractivity contribution in [2.24, 2.45) is 4.99 Å². The summed E-state index contributed by atoms with van der Waals surface area (Å²) in [6.07, 6.45) is -20.8. The highest BCUT2D eigenvalue weighted by Crippen LogP contribution is 2.39. The minimum atomic E-state index is -4.79. The molecule has 0 aromatic heterocycles. The summed E-state index contributed by atoms with van der Waals surface area (Å²) >= 11 is 23.1. The number of aromatic carboxylic acids is 1. The highest BCUT2D eigenvalue weighted by Gasteiger charge is 2.38. The van der Waals surface area contributed by atoms with Gasteiger partial charge < -0.3 is 66.8 Å². The monoisotopic (exact) mass is 1920 g/mol. The van der Waals surface area contributed by atoms with Gasteiger partial charge in [-0.25, -0.2) is 49.2 Å². The second-order valence-electron chi connectivity index (χ2n) is 25.4. The van der Waals surface area contributed by atoms with Crippen molar-refractivity contribution in [1.29, 1.82) is 0 Å². The molecule has 4 amide bonds. The maximum atomic E-state index is 13.4. The zero-order valence-electron chi connectivity index (χ0n) is 66.1. The molecule has 0 radical (unpaired) electrons. The fraction of sp³-hybridized carbons (Fsp3) is 0.342. The van der Waals surface area contributed by atoms with Gasteiger partial charge in [0.15, 0.2) is 29.5 Å². The summed E-state index contributed by atoms with van der Waals surface area (Å²) in [5, 5.41) is 25.3. The number of aldehydes is 1. The van der Waals surface area contributed by atoms with E-state index in [-0.39, 0.29) is 126 Å². The average molecular weight is 1930 g/mol. The number of sulfone groups is 3. The number of benzene rings is 7. The van der Waals surface area contributed by atoms with Gasteiger partial charge in [-0.1, -0.05) is 58.5 Å². The van der Waals surface area contributed by atoms with Crippen molar-refractivity contribution >= 4 is 164 Å². The minimum Gasteiger partial charge on any atom is -0.478 e. The van der Waals surface area contributed by atoms with Crippen molar-refractivity contribution < 1.29 is 144 Å². The van der Waals surface area contributed by atoms with Crippen LogP contribution in [0.25, 0.3) is 0 Å². The summed E-state index contributed by atoms with van der Waals surface area (Å²) in [7, 11) is -6.89. The fourth-order valence-electron chi connectivity index (χ4n) is 10.2. The molecule has 0 atom stereocenters. The summed E-state index contributed by atoms with van der Waals surface area (Å²) in [4.78, 5) is 94.7. The Labute approximate surface area is 725 Å². The first-order valence-electron chi connectivity index (χ1n) is 35.7. The van der Waals surface area contributed by atoms with E-state index in [4.69, 9.17) is 62.0 Å². The van der Waals surface area contributed by atoms with Crippen molar-refractivity contribution in [3.8, 4) is 0 Å². The summed E-state index contributed by atoms with van der Waals surface area (Å²) in [6.45, 7) is 8.91. The average Bonchev–Trinajstić information content (AvgIpc) is 0.709. The molecule has 7 aromatic carbocycles. The van der Waals surface area contributed by atoms with E-state index in [9.17, 15) is 125 Å². The highest BCUT2D eigenvalue weighted by atomic mass is 35.5. The van der Waals surface area contributed by atoms with E-state index in [1.807, 2.05) is 0 Å². The van der Waals surface area contributed by atoms with Crippen LogP contribution in [-0.4, -0.2) is 196 Å². The summed E-state index contributed by atoms with van der Waals surface area (Å²) in [6, 6.07) is 22.2. The van der Waals surface area contributed by atoms with E-state index in [1.165, 1.54) is 54.3 Å². The lowest BCUT2D eigenvalue weighted by Gasteiger charge is -2.27. The Kier molecular flexibility index (Phi) is 42.3. The number of esters is 2. The first-order chi connectivity index (χ1) is 57.9. The molecule has 0 bridgehead atoms. The molecule has 125 heavy (non-hydrogen) atoms. The van der Waals surface area contributed by atoms with Crippen LogP contribution in [0.1, 0.15) is 107 Å². The Morgan fingerprint density at radius 3 is 1.15 bits per heavy atom. The first kappa shape index (κ1) is 109. The first-order valence-corrected chi connectivity index (χ1v) is 42.7. The SMILES string of the molecule is CC=O.CCNc1cc(C(=O)N2CCS(=O)(=O)CC2)cc(C(F)(F)F)c1.CCNc1cc(C(=O)O)cc(C(F)(F)F)c1.CCNc1cc(C(=O)OC)cc(C(F)(F)F)c1.COC(=O)c1cc(N)cc(C(F)(F)F)c1.O=C(Nc1cc(C(=O)N2CCS(=O)(=O)CC2)cc(C(F)(F)F)c1)Nc1cccc(Cl)c1Cl.O=C=Nc1cccc(Cl)c1Cl.O=S1(=O)CCNCC1. The van der Waals surface area contributed by atoms with Gasteiger partial charge in [-0.05, 0) is 143 Å². The second-order valence-corrected chi connectivity index (χ2v) is 33.9. The fourth-order valence-corrected chi connectivity index (χ4v) is 14.4. The number of nitrogens with zero attached hydrogens (tertiary/aromatic N) is 3. The Morgan fingerprint density at radius 1 is 0.480 bits per heavy atom. The lowest BCUT2D eigenvalue weighted by molar-refractivity contribution is -0.138. The smallest absolute Gasteiger partial charge is 0.416 e. The number of aliphatic imine (C=N–C) groups is 1. The number of rotatable bonds is 14. The number of alkyl halides is 15. The highest BCUT2D eigenvalue weighted by molar-refractivity contribution is 7.92. The second kappa shape index (κ2) is 48.7. The molecule has 3 heterocycles. The molecule has 7 aromatic rings. The zero-order valence-corrected chi connectivity index (χ0v) is 71.6. The number of nitrogens with two attached hydrogens (primary N) is 1. The van der Waals surface area contributed by atoms with Gasteiger partial charge in [0, 0.05) is 98.5 Å². The molecule has 0 aliphatic carbocycles. The number of nitrogens with one attached hydrogen (secondary N) is 6. The standard InChI is InChI=1S/C19H16Cl2F3N3O4S.C14H17F3N2O3S.C11H12F3NO2.C10H10F3NO2.C9H8F3NO2.C7H3Cl2NO.C4H9NO2S.C2H4O/c20-14-2-1-3-15(16(14)21)26-18(29)25-13-9-11(8-12(10-13)19(22,23)24)17(28)27-4-6-32(30,31)7-5-27;1-2-18-12-8-10(7-11(9-12)14(15,16)17)13(20)19-3-5-23(21,22)6-4-19;1-3-15-9-5-7(10(16)17-2)4-8(6-9)11(12,13)14;1-2-14-8-4-6(9(15)16)3-7(5-8)10(11,12)13;1-15-8(14)5-2-6(9(10,11)12)4-7(13)3-5;8-5-2-1-3-6(7(5)9)10-4-11;6-8(7)3-1-5-2-4-8;1-2-3/h1-3,8-10H,4-7H2,(H2,25,26,29);7-9,18H,2-6H2,1H3;4-6,15H,3H2,1-2H3;3-5,14H,2H2,1H3,(H,15,16);2-4H,13H2,1H3;1-3H;5H,1-4H2;2H,1H3. The Balaban J connectivity index is 0.000000388. The predicted octanol–water partition coefficient (Wildman–Crippen LogP) is 16.5. The van der Waals surface area contributed by atoms with Gasteiger partial charge in [-0.15, -0.1) is 0 Å². The Hall–Kier alpha value is -10.7. The number of amides is 4. The Morgan fingerprint density at radius 2 is 0.800 bits per heavy atom. The molecule has 10 rings (SSSR count). The lowest BCUT2D eigenvalue weighted by atomic mass is 10.1. The number of carbonyl (C=O) groups is 7. The molecule has 9 N–H and O–H groups in total. The van der Waals surface area contributed by atoms with Crippen molar-refractivity contribution in [3.63, 3.8) is 0 Å². The van der Waals surface area contributed by atoms with Gasteiger partial charge in [0.25, 0.3) is 11.8 Å². The molecule has 3 aliphatic heterocycles. The van der Waals surface area contributed by atoms with Crippen molar-refractivity contribution in [2.75, 3.05) is 140 Å². The van der Waals surface area contributed by atoms with Crippen LogP contribution in [0.2, 0.25) is 20.1 Å². The molecular formula is C76H79Cl4F15N10O17S3. The van der Waals surface area contributed by atoms with E-state index < -0.39 is 124 Å². The predicted molar refractivity (Wildman–Crippen MR) is 439 cm³/mol. The third-order valence-electron chi connectivity index (χ3n) is 16.0. The van der Waals surface area contributed by atoms with Crippen LogP contribution in [-0.2, 0) is 79.5 Å². The molecule has 0 unspecified atom stereocenters. The number of carboxylic acids is 1. The number of hydrogen-bond donors (Lipinski definition) is 8. The van der Waals surface area contributed by atoms with Crippen LogP contribution in [0.4, 0.5) is 110 Å². The maximum absolute atomic E-state index is 13.4. The van der Waals surface area contributed by atoms with Crippen molar-refractivity contribution in [3.05, 3.63) is 203 Å². The van der Waals surface area contributed by atoms with Crippen LogP contribution in [0.15, 0.2) is 132 Å². The molecule has 3 saturated heterocycles. The molecule has 686 valence electrons. The molecular weight excluding hydrogens is 1850 g/mol. The zero-order chi connectivity index (χ0) is 95.0. The van der Waals surface area contributed by atoms with Crippen LogP contribution >= 0.6 is 46.4 Å². The number of carbonyl (C=O) groups excluding carboxylic acids is 7. The van der Waals surface area contributed by atoms with Gasteiger partial charge >= 0.3 is 54.8 Å². The number of halogens is 19. The molecule has 27 nitrogen and oxygen atoms in total. The van der Waals surface area contributed by atoms with E-state index in [0.29, 0.717) is 79.2 Å². The molecule has 49 heteroatoms. The van der Waals surface area contributed by atoms with Crippen LogP contribution in [0, 0.1) is 0 Å². The number of nitrogen functional groups attached to an aromatic ring is 1. The lowest BCUT2D eigenvalue weighted by Crippen LogP contribution is -2.43. The van der Waals surface area contributed by atoms with Crippen molar-refractivity contribution in [1.82, 2.24) is 15.1 Å². The number of urea groups is 1. The van der Waals surface area contributed by atoms with Crippen molar-refractivity contribution in [2.45, 2.75) is 58.6 Å². The summed E-state index contributed by atoms with van der Waals surface area (Å²) in [5.74, 6) is -4.65. The van der Waals surface area contributed by atoms with E-state index in [2.05, 4.69) is 46.4 Å². The van der Waals surface area contributed by atoms with Crippen LogP contribution in [0.5, 0.6) is 0 Å². The molecule has 3 aliphatic rings. The topological polar surface area (TPSA) is 395 Å². The minimum absolute atomic E-state index is 0.00600. The number of hydrogen-bond acceptors (Lipinski definition) is 22. The normalized spacial score (nSPS) is 14.3. The van der Waals surface area contributed by atoms with Gasteiger partial charge in [-0.2, -0.15) is 70.8 Å². The number of methoxy groups -OCH3 is 2. The van der Waals surface area contributed by atoms with Gasteiger partial charge in [0.1, 0.15) is 6.29 Å². The number of isocyanates is 1. The molecule has 3 fully saturated rings. The van der Waals surface area contributed by atoms with Gasteiger partial charge in [0.05, 0.1) is 125 Å². The number of carboxylic acid groups (broad SMARTS) is 1. The summed E-state index contributed by atoms with van der Waals surface area (Å²) < 4.78 is 267. The number of ether oxygens (including phenoxy) is 2. The third kappa shape index (κ3) is 37.6. The Bertz CT molecular complexity index is 5300. The van der Waals surface area contributed by atoms with Gasteiger partial charge in [-0.3, -0.25) is 9.59 Å². The van der Waals surface area contributed by atoms with E-state index >= 15 is 0 Å². The van der Waals surface area contributed by atoms with Crippen LogP contribution in [0.3, 0.4) is 0 Å². The van der Waals surface area contributed by atoms with Crippen LogP contribution < -0.4 is 37.6 Å². The summed E-state index contributed by atoms with van der Waals surface area (Å²) in [5.41, 5.74) is -0.162. The van der Waals surface area contributed by atoms with E-state index in [1.54, 1.807) is 39.0 Å². The number of anilines is 6. The molecule has 0 spiro atoms. The van der Waals surface area contributed by atoms with Gasteiger partial charge in [0.2, 0.25) is 6.08 Å². The maximum Gasteiger partial charge on any atom is 0.416 e. The van der Waals surface area contributed by atoms with E-state index in [0.717, 1.165) is 73.9 Å². The third-order valence-corrected chi connectivity index (χ3v) is 22.5. The largest absolute Gasteiger partial charge is 0.478 e. The molecule has 0 saturated carbocycles.